The number of amides is 1. The van der Waals surface area contributed by atoms with Crippen LogP contribution in [0.3, 0.4) is 0 Å². The Kier molecular flexibility index (Phi) is 5.74. The van der Waals surface area contributed by atoms with Crippen LogP contribution in [0.4, 0.5) is 5.69 Å². The van der Waals surface area contributed by atoms with Crippen molar-refractivity contribution in [2.24, 2.45) is 0 Å². The van der Waals surface area contributed by atoms with E-state index in [1.54, 1.807) is 37.3 Å². The fraction of sp³-hybridized carbons (Fsp3) is 0.235. The fourth-order valence-electron chi connectivity index (χ4n) is 1.93. The van der Waals surface area contributed by atoms with Crippen LogP contribution >= 0.6 is 23.2 Å². The third-order valence-electron chi connectivity index (χ3n) is 3.18. The highest BCUT2D eigenvalue weighted by Crippen LogP contribution is 2.28. The minimum Gasteiger partial charge on any atom is -0.495 e. The molecule has 0 aliphatic heterocycles. The molecule has 2 aromatic rings. The Hall–Kier alpha value is -1.91. The lowest BCUT2D eigenvalue weighted by atomic mass is 10.2. The molecule has 0 fully saturated rings. The number of rotatable bonds is 5. The van der Waals surface area contributed by atoms with Crippen LogP contribution in [0.1, 0.15) is 12.5 Å². The van der Waals surface area contributed by atoms with Gasteiger partial charge in [0.2, 0.25) is 0 Å². The molecule has 0 spiro atoms. The topological polar surface area (TPSA) is 47.6 Å². The van der Waals surface area contributed by atoms with Crippen molar-refractivity contribution in [3.63, 3.8) is 0 Å². The van der Waals surface area contributed by atoms with Gasteiger partial charge in [0.15, 0.2) is 6.10 Å². The number of hydrogen-bond donors (Lipinski definition) is 1. The average Bonchev–Trinajstić information content (AvgIpc) is 2.51. The quantitative estimate of drug-likeness (QED) is 0.845. The Balaban J connectivity index is 2.05. The molecule has 0 saturated carbocycles. The number of hydrogen-bond acceptors (Lipinski definition) is 3. The van der Waals surface area contributed by atoms with Crippen molar-refractivity contribution >= 4 is 34.8 Å². The predicted octanol–water partition coefficient (Wildman–Crippen LogP) is 4.72. The maximum absolute atomic E-state index is 12.2. The van der Waals surface area contributed by atoms with Gasteiger partial charge < -0.3 is 14.8 Å². The summed E-state index contributed by atoms with van der Waals surface area (Å²) >= 11 is 12.1. The van der Waals surface area contributed by atoms with Crippen molar-refractivity contribution in [1.82, 2.24) is 0 Å². The van der Waals surface area contributed by atoms with E-state index in [-0.39, 0.29) is 5.91 Å². The molecular weight excluding hydrogens is 337 g/mol. The van der Waals surface area contributed by atoms with Crippen molar-refractivity contribution in [1.29, 1.82) is 0 Å². The molecule has 0 aromatic heterocycles. The van der Waals surface area contributed by atoms with Crippen LogP contribution in [0.25, 0.3) is 0 Å². The second kappa shape index (κ2) is 7.57. The minimum absolute atomic E-state index is 0.302. The van der Waals surface area contributed by atoms with E-state index in [4.69, 9.17) is 32.7 Å². The van der Waals surface area contributed by atoms with Gasteiger partial charge in [-0.2, -0.15) is 0 Å². The zero-order valence-electron chi connectivity index (χ0n) is 13.0. The fourth-order valence-corrected chi connectivity index (χ4v) is 2.35. The summed E-state index contributed by atoms with van der Waals surface area (Å²) in [5.41, 5.74) is 1.56. The third kappa shape index (κ3) is 4.53. The van der Waals surface area contributed by atoms with Crippen LogP contribution in [-0.2, 0) is 4.79 Å². The Morgan fingerprint density at radius 2 is 1.83 bits per heavy atom. The van der Waals surface area contributed by atoms with Crippen LogP contribution in [0.15, 0.2) is 36.4 Å². The van der Waals surface area contributed by atoms with E-state index in [1.165, 1.54) is 7.11 Å². The van der Waals surface area contributed by atoms with Crippen molar-refractivity contribution in [3.8, 4) is 11.5 Å². The van der Waals surface area contributed by atoms with Crippen LogP contribution in [0.5, 0.6) is 11.5 Å². The summed E-state index contributed by atoms with van der Waals surface area (Å²) in [5.74, 6) is 0.714. The van der Waals surface area contributed by atoms with E-state index >= 15 is 0 Å². The highest BCUT2D eigenvalue weighted by molar-refractivity contribution is 6.32. The molecule has 4 nitrogen and oxygen atoms in total. The molecule has 0 aliphatic rings. The first-order chi connectivity index (χ1) is 10.9. The van der Waals surface area contributed by atoms with Crippen molar-refractivity contribution in [3.05, 3.63) is 52.0 Å². The number of benzene rings is 2. The lowest BCUT2D eigenvalue weighted by Crippen LogP contribution is -2.30. The van der Waals surface area contributed by atoms with Gasteiger partial charge in [0.1, 0.15) is 11.5 Å². The highest BCUT2D eigenvalue weighted by atomic mass is 35.5. The first kappa shape index (κ1) is 17.4. The highest BCUT2D eigenvalue weighted by Gasteiger charge is 2.17. The van der Waals surface area contributed by atoms with E-state index in [1.807, 2.05) is 13.0 Å². The molecule has 0 bridgehead atoms. The molecule has 6 heteroatoms. The van der Waals surface area contributed by atoms with E-state index in [2.05, 4.69) is 5.32 Å². The summed E-state index contributed by atoms with van der Waals surface area (Å²) in [7, 11) is 1.53. The van der Waals surface area contributed by atoms with Crippen LogP contribution < -0.4 is 14.8 Å². The van der Waals surface area contributed by atoms with Gasteiger partial charge in [0.25, 0.3) is 5.91 Å². The number of aryl methyl sites for hydroxylation is 1. The van der Waals surface area contributed by atoms with Gasteiger partial charge in [0.05, 0.1) is 17.2 Å². The molecule has 1 atom stereocenters. The largest absolute Gasteiger partial charge is 0.495 e. The molecule has 0 aliphatic carbocycles. The first-order valence-electron chi connectivity index (χ1n) is 6.98. The Bertz CT molecular complexity index is 719. The second-order valence-electron chi connectivity index (χ2n) is 5.03. The Labute approximate surface area is 145 Å². The molecule has 122 valence electrons. The Morgan fingerprint density at radius 1 is 1.09 bits per heavy atom. The molecule has 0 saturated heterocycles. The second-order valence-corrected chi connectivity index (χ2v) is 5.85. The lowest BCUT2D eigenvalue weighted by Gasteiger charge is -2.16. The number of halogens is 2. The molecule has 2 aromatic carbocycles. The summed E-state index contributed by atoms with van der Waals surface area (Å²) < 4.78 is 10.7. The molecule has 2 rings (SSSR count). The smallest absolute Gasteiger partial charge is 0.265 e. The van der Waals surface area contributed by atoms with Crippen LogP contribution in [0, 0.1) is 6.92 Å². The summed E-state index contributed by atoms with van der Waals surface area (Å²) in [6.07, 6.45) is -0.713. The van der Waals surface area contributed by atoms with Gasteiger partial charge in [-0.15, -0.1) is 0 Å². The van der Waals surface area contributed by atoms with Crippen molar-refractivity contribution in [2.45, 2.75) is 20.0 Å². The van der Waals surface area contributed by atoms with Gasteiger partial charge in [-0.05, 0) is 49.7 Å². The zero-order valence-corrected chi connectivity index (χ0v) is 14.5. The zero-order chi connectivity index (χ0) is 17.0. The molecule has 1 amide bonds. The molecule has 0 radical (unpaired) electrons. The SMILES string of the molecule is COc1ccc(NC(=O)C(C)Oc2cc(C)ccc2Cl)cc1Cl. The normalized spacial score (nSPS) is 11.7. The summed E-state index contributed by atoms with van der Waals surface area (Å²) in [6, 6.07) is 10.4. The molecular formula is C17H17Cl2NO3. The van der Waals surface area contributed by atoms with E-state index < -0.39 is 6.10 Å². The maximum atomic E-state index is 12.2. The lowest BCUT2D eigenvalue weighted by molar-refractivity contribution is -0.122. The van der Waals surface area contributed by atoms with Gasteiger partial charge >= 0.3 is 0 Å². The summed E-state index contributed by atoms with van der Waals surface area (Å²) in [5, 5.41) is 3.62. The van der Waals surface area contributed by atoms with Gasteiger partial charge in [-0.25, -0.2) is 0 Å². The molecule has 23 heavy (non-hydrogen) atoms. The standard InChI is InChI=1S/C17H17Cl2NO3/c1-10-4-6-13(18)16(8-10)23-11(2)17(21)20-12-5-7-15(22-3)14(19)9-12/h4-9,11H,1-3H3,(H,20,21). The van der Waals surface area contributed by atoms with E-state index in [0.29, 0.717) is 27.2 Å². The maximum Gasteiger partial charge on any atom is 0.265 e. The average molecular weight is 354 g/mol. The molecule has 1 N–H and O–H groups in total. The predicted molar refractivity (Wildman–Crippen MR) is 92.9 cm³/mol. The number of carbonyl (C=O) groups is 1. The number of methoxy groups -OCH3 is 1. The number of nitrogens with one attached hydrogen (secondary N) is 1. The van der Waals surface area contributed by atoms with Gasteiger partial charge in [-0.1, -0.05) is 29.3 Å². The summed E-state index contributed by atoms with van der Waals surface area (Å²) in [4.78, 5) is 12.2. The summed E-state index contributed by atoms with van der Waals surface area (Å²) in [6.45, 7) is 3.58. The number of anilines is 1. The van der Waals surface area contributed by atoms with Gasteiger partial charge in [-0.3, -0.25) is 4.79 Å². The molecule has 1 unspecified atom stereocenters. The van der Waals surface area contributed by atoms with Crippen LogP contribution in [-0.4, -0.2) is 19.1 Å². The third-order valence-corrected chi connectivity index (χ3v) is 3.79. The van der Waals surface area contributed by atoms with Crippen molar-refractivity contribution < 1.29 is 14.3 Å². The first-order valence-corrected chi connectivity index (χ1v) is 7.73. The number of carbonyl (C=O) groups excluding carboxylic acids is 1. The van der Waals surface area contributed by atoms with Crippen LogP contribution in [0.2, 0.25) is 10.0 Å². The van der Waals surface area contributed by atoms with Crippen molar-refractivity contribution in [2.75, 3.05) is 12.4 Å². The monoisotopic (exact) mass is 353 g/mol. The van der Waals surface area contributed by atoms with E-state index in [9.17, 15) is 4.79 Å². The van der Waals surface area contributed by atoms with E-state index in [0.717, 1.165) is 5.56 Å². The molecule has 0 heterocycles. The minimum atomic E-state index is -0.713. The number of ether oxygens (including phenoxy) is 2. The Morgan fingerprint density at radius 3 is 2.48 bits per heavy atom. The van der Waals surface area contributed by atoms with Gasteiger partial charge in [0, 0.05) is 5.69 Å².